The van der Waals surface area contributed by atoms with Gasteiger partial charge in [0.15, 0.2) is 11.5 Å². The summed E-state index contributed by atoms with van der Waals surface area (Å²) in [5.41, 5.74) is 3.57. The number of anilines is 1. The van der Waals surface area contributed by atoms with E-state index in [4.69, 9.17) is 14.2 Å². The standard InChI is InChI=1S/C25H25FN2O4/c1-30-21-14-19(15-22(31-2)24(21)32-3)27-25(29)28-13-12-16-6-4-5-7-20(16)23(28)17-8-10-18(26)11-9-17/h4-11,14-15,23H,12-13H2,1-3H3,(H,27,29)/t23-/m0/s1. The number of carbonyl (C=O) groups is 1. The Bertz CT molecular complexity index is 1090. The maximum absolute atomic E-state index is 13.6. The second-order valence-electron chi connectivity index (χ2n) is 7.44. The quantitative estimate of drug-likeness (QED) is 0.609. The van der Waals surface area contributed by atoms with Crippen LogP contribution in [0.3, 0.4) is 0 Å². The molecule has 0 fully saturated rings. The third-order valence-electron chi connectivity index (χ3n) is 5.65. The first-order chi connectivity index (χ1) is 15.5. The highest BCUT2D eigenvalue weighted by molar-refractivity contribution is 5.91. The minimum Gasteiger partial charge on any atom is -0.493 e. The molecule has 1 atom stereocenters. The van der Waals surface area contributed by atoms with Crippen molar-refractivity contribution in [1.29, 1.82) is 0 Å². The van der Waals surface area contributed by atoms with Crippen molar-refractivity contribution < 1.29 is 23.4 Å². The molecule has 7 heteroatoms. The molecule has 6 nitrogen and oxygen atoms in total. The molecule has 0 bridgehead atoms. The van der Waals surface area contributed by atoms with E-state index >= 15 is 0 Å². The van der Waals surface area contributed by atoms with Gasteiger partial charge < -0.3 is 24.4 Å². The number of halogens is 1. The minimum atomic E-state index is -0.331. The lowest BCUT2D eigenvalue weighted by Crippen LogP contribution is -2.43. The smallest absolute Gasteiger partial charge is 0.322 e. The zero-order valence-electron chi connectivity index (χ0n) is 18.2. The highest BCUT2D eigenvalue weighted by Gasteiger charge is 2.32. The predicted octanol–water partition coefficient (Wildman–Crippen LogP) is 5.03. The van der Waals surface area contributed by atoms with Gasteiger partial charge in [-0.2, -0.15) is 0 Å². The van der Waals surface area contributed by atoms with Crippen molar-refractivity contribution in [2.45, 2.75) is 12.5 Å². The Balaban J connectivity index is 1.69. The van der Waals surface area contributed by atoms with E-state index in [2.05, 4.69) is 11.4 Å². The van der Waals surface area contributed by atoms with E-state index < -0.39 is 0 Å². The molecule has 2 amide bonds. The number of amides is 2. The number of rotatable bonds is 5. The molecule has 0 radical (unpaired) electrons. The average molecular weight is 436 g/mol. The van der Waals surface area contributed by atoms with Gasteiger partial charge in [0.05, 0.1) is 33.1 Å². The van der Waals surface area contributed by atoms with Crippen molar-refractivity contribution in [2.24, 2.45) is 0 Å². The van der Waals surface area contributed by atoms with Gasteiger partial charge in [0, 0.05) is 18.7 Å². The van der Waals surface area contributed by atoms with Crippen LogP contribution in [0.1, 0.15) is 22.7 Å². The molecule has 0 aromatic heterocycles. The molecule has 3 aromatic carbocycles. The van der Waals surface area contributed by atoms with E-state index in [-0.39, 0.29) is 17.9 Å². The lowest BCUT2D eigenvalue weighted by molar-refractivity contribution is 0.194. The number of hydrogen-bond acceptors (Lipinski definition) is 4. The first-order valence-electron chi connectivity index (χ1n) is 10.3. The maximum atomic E-state index is 13.6. The first-order valence-corrected chi connectivity index (χ1v) is 10.3. The molecule has 3 aromatic rings. The zero-order valence-corrected chi connectivity index (χ0v) is 18.2. The summed E-state index contributed by atoms with van der Waals surface area (Å²) in [5.74, 6) is 1.03. The van der Waals surface area contributed by atoms with Crippen LogP contribution in [0, 0.1) is 5.82 Å². The lowest BCUT2D eigenvalue weighted by atomic mass is 9.88. The summed E-state index contributed by atoms with van der Waals surface area (Å²) in [6.45, 7) is 0.523. The molecule has 1 aliphatic heterocycles. The van der Waals surface area contributed by atoms with Gasteiger partial charge in [-0.05, 0) is 35.2 Å². The molecular weight excluding hydrogens is 411 g/mol. The lowest BCUT2D eigenvalue weighted by Gasteiger charge is -2.37. The highest BCUT2D eigenvalue weighted by Crippen LogP contribution is 2.41. The van der Waals surface area contributed by atoms with Crippen LogP contribution < -0.4 is 19.5 Å². The van der Waals surface area contributed by atoms with Gasteiger partial charge in [0.25, 0.3) is 0 Å². The van der Waals surface area contributed by atoms with Gasteiger partial charge in [-0.3, -0.25) is 0 Å². The monoisotopic (exact) mass is 436 g/mol. The fraction of sp³-hybridized carbons (Fsp3) is 0.240. The van der Waals surface area contributed by atoms with E-state index in [1.54, 1.807) is 29.2 Å². The molecule has 1 aliphatic rings. The normalized spacial score (nSPS) is 15.0. The van der Waals surface area contributed by atoms with Crippen LogP contribution in [0.5, 0.6) is 17.2 Å². The maximum Gasteiger partial charge on any atom is 0.322 e. The molecule has 0 aliphatic carbocycles. The van der Waals surface area contributed by atoms with Crippen molar-refractivity contribution in [2.75, 3.05) is 33.2 Å². The number of fused-ring (bicyclic) bond motifs is 1. The molecule has 1 N–H and O–H groups in total. The molecule has 0 saturated heterocycles. The van der Waals surface area contributed by atoms with Crippen LogP contribution in [0.2, 0.25) is 0 Å². The summed E-state index contributed by atoms with van der Waals surface area (Å²) in [5, 5.41) is 2.95. The molecule has 166 valence electrons. The molecule has 4 rings (SSSR count). The van der Waals surface area contributed by atoms with Crippen LogP contribution in [-0.4, -0.2) is 38.8 Å². The van der Waals surface area contributed by atoms with Crippen molar-refractivity contribution >= 4 is 11.7 Å². The van der Waals surface area contributed by atoms with Gasteiger partial charge in [-0.1, -0.05) is 36.4 Å². The predicted molar refractivity (Wildman–Crippen MR) is 120 cm³/mol. The van der Waals surface area contributed by atoms with E-state index in [9.17, 15) is 9.18 Å². The van der Waals surface area contributed by atoms with Crippen LogP contribution >= 0.6 is 0 Å². The van der Waals surface area contributed by atoms with Gasteiger partial charge >= 0.3 is 6.03 Å². The van der Waals surface area contributed by atoms with E-state index in [1.165, 1.54) is 39.0 Å². The number of nitrogens with one attached hydrogen (secondary N) is 1. The van der Waals surface area contributed by atoms with Crippen LogP contribution in [0.25, 0.3) is 0 Å². The molecule has 0 saturated carbocycles. The summed E-state index contributed by atoms with van der Waals surface area (Å²) < 4.78 is 29.7. The van der Waals surface area contributed by atoms with Crippen molar-refractivity contribution in [3.8, 4) is 17.2 Å². The Kier molecular flexibility index (Phi) is 6.16. The first kappa shape index (κ1) is 21.5. The largest absolute Gasteiger partial charge is 0.493 e. The number of urea groups is 1. The van der Waals surface area contributed by atoms with Crippen LogP contribution in [-0.2, 0) is 6.42 Å². The highest BCUT2D eigenvalue weighted by atomic mass is 19.1. The third-order valence-corrected chi connectivity index (χ3v) is 5.65. The average Bonchev–Trinajstić information content (AvgIpc) is 2.83. The van der Waals surface area contributed by atoms with Crippen molar-refractivity contribution in [3.05, 3.63) is 83.2 Å². The van der Waals surface area contributed by atoms with Gasteiger partial charge in [0.2, 0.25) is 5.75 Å². The van der Waals surface area contributed by atoms with Crippen molar-refractivity contribution in [3.63, 3.8) is 0 Å². The fourth-order valence-corrected chi connectivity index (χ4v) is 4.14. The Hall–Kier alpha value is -3.74. The second kappa shape index (κ2) is 9.18. The van der Waals surface area contributed by atoms with Crippen molar-refractivity contribution in [1.82, 2.24) is 4.90 Å². The summed E-state index contributed by atoms with van der Waals surface area (Å²) in [6.07, 6.45) is 0.733. The number of methoxy groups -OCH3 is 3. The number of hydrogen-bond donors (Lipinski definition) is 1. The number of carbonyl (C=O) groups excluding carboxylic acids is 1. The number of ether oxygens (including phenoxy) is 3. The molecule has 0 unspecified atom stereocenters. The Labute approximate surface area is 186 Å². The number of nitrogens with zero attached hydrogens (tertiary/aromatic N) is 1. The molecular formula is C25H25FN2O4. The molecule has 0 spiro atoms. The number of benzene rings is 3. The SMILES string of the molecule is COc1cc(NC(=O)N2CCc3ccccc3[C@@H]2c2ccc(F)cc2)cc(OC)c1OC. The summed E-state index contributed by atoms with van der Waals surface area (Å²) >= 11 is 0. The fourth-order valence-electron chi connectivity index (χ4n) is 4.14. The Morgan fingerprint density at radius 3 is 2.25 bits per heavy atom. The van der Waals surface area contributed by atoms with Gasteiger partial charge in [0.1, 0.15) is 5.82 Å². The summed E-state index contributed by atoms with van der Waals surface area (Å²) in [4.78, 5) is 15.2. The Morgan fingerprint density at radius 2 is 1.62 bits per heavy atom. The Morgan fingerprint density at radius 1 is 0.969 bits per heavy atom. The van der Waals surface area contributed by atoms with E-state index in [0.717, 1.165) is 17.5 Å². The molecule has 32 heavy (non-hydrogen) atoms. The zero-order chi connectivity index (χ0) is 22.7. The summed E-state index contributed by atoms with van der Waals surface area (Å²) in [7, 11) is 4.57. The minimum absolute atomic E-state index is 0.275. The van der Waals surface area contributed by atoms with Crippen LogP contribution in [0.4, 0.5) is 14.9 Å². The third kappa shape index (κ3) is 4.06. The topological polar surface area (TPSA) is 60.0 Å². The van der Waals surface area contributed by atoms with E-state index in [1.807, 2.05) is 18.2 Å². The van der Waals surface area contributed by atoms with Gasteiger partial charge in [-0.15, -0.1) is 0 Å². The van der Waals surface area contributed by atoms with Crippen LogP contribution in [0.15, 0.2) is 60.7 Å². The molecule has 1 heterocycles. The van der Waals surface area contributed by atoms with Gasteiger partial charge in [-0.25, -0.2) is 9.18 Å². The van der Waals surface area contributed by atoms with E-state index in [0.29, 0.717) is 29.5 Å². The summed E-state index contributed by atoms with van der Waals surface area (Å²) in [6, 6.07) is 17.1. The second-order valence-corrected chi connectivity index (χ2v) is 7.44.